The largest absolute Gasteiger partial charge is 0.313 e. The van der Waals surface area contributed by atoms with Crippen LogP contribution in [0.3, 0.4) is 0 Å². The molecular formula is C12H27NO2S. The molecule has 16 heavy (non-hydrogen) atoms. The molecule has 0 heterocycles. The first-order valence-corrected chi connectivity index (χ1v) is 7.86. The van der Waals surface area contributed by atoms with Crippen molar-refractivity contribution >= 4 is 9.84 Å². The standard InChI is InChI=1S/C12H27NO2S/c1-7-16(14,15)8-11(4)13-9-12(5,6)10(2)3/h10-11,13H,7-9H2,1-6H3. The highest BCUT2D eigenvalue weighted by molar-refractivity contribution is 7.91. The minimum Gasteiger partial charge on any atom is -0.313 e. The summed E-state index contributed by atoms with van der Waals surface area (Å²) >= 11 is 0. The van der Waals surface area contributed by atoms with E-state index in [0.29, 0.717) is 5.92 Å². The van der Waals surface area contributed by atoms with Gasteiger partial charge < -0.3 is 5.32 Å². The van der Waals surface area contributed by atoms with E-state index in [0.717, 1.165) is 6.54 Å². The normalized spacial score (nSPS) is 15.4. The number of nitrogens with one attached hydrogen (secondary N) is 1. The summed E-state index contributed by atoms with van der Waals surface area (Å²) in [5.41, 5.74) is 0.199. The lowest BCUT2D eigenvalue weighted by Crippen LogP contribution is -2.41. The summed E-state index contributed by atoms with van der Waals surface area (Å²) < 4.78 is 22.9. The van der Waals surface area contributed by atoms with E-state index in [9.17, 15) is 8.42 Å². The summed E-state index contributed by atoms with van der Waals surface area (Å²) in [5, 5.41) is 3.32. The molecule has 3 nitrogen and oxygen atoms in total. The Bertz CT molecular complexity index is 294. The zero-order valence-corrected chi connectivity index (χ0v) is 12.3. The second-order valence-corrected chi connectivity index (χ2v) is 8.02. The minimum atomic E-state index is -2.87. The van der Waals surface area contributed by atoms with Gasteiger partial charge in [0.25, 0.3) is 0 Å². The number of sulfone groups is 1. The molecule has 0 spiro atoms. The molecule has 0 aliphatic heterocycles. The first-order valence-electron chi connectivity index (χ1n) is 6.04. The third-order valence-electron chi connectivity index (χ3n) is 3.41. The quantitative estimate of drug-likeness (QED) is 0.751. The van der Waals surface area contributed by atoms with Crippen molar-refractivity contribution in [2.24, 2.45) is 11.3 Å². The maximum atomic E-state index is 11.4. The molecule has 0 saturated carbocycles. The van der Waals surface area contributed by atoms with Gasteiger partial charge in [-0.3, -0.25) is 0 Å². The topological polar surface area (TPSA) is 46.2 Å². The van der Waals surface area contributed by atoms with E-state index in [1.807, 2.05) is 6.92 Å². The van der Waals surface area contributed by atoms with Gasteiger partial charge >= 0.3 is 0 Å². The fraction of sp³-hybridized carbons (Fsp3) is 1.00. The Morgan fingerprint density at radius 3 is 2.06 bits per heavy atom. The summed E-state index contributed by atoms with van der Waals surface area (Å²) in [6, 6.07) is 0.0305. The Hall–Kier alpha value is -0.0900. The van der Waals surface area contributed by atoms with Gasteiger partial charge in [-0.2, -0.15) is 0 Å². The van der Waals surface area contributed by atoms with Crippen LogP contribution in [0.1, 0.15) is 41.5 Å². The Kier molecular flexibility index (Phi) is 5.98. The van der Waals surface area contributed by atoms with E-state index in [1.54, 1.807) is 6.92 Å². The second kappa shape index (κ2) is 6.01. The molecule has 0 aliphatic rings. The van der Waals surface area contributed by atoms with Gasteiger partial charge in [0.1, 0.15) is 0 Å². The smallest absolute Gasteiger partial charge is 0.151 e. The van der Waals surface area contributed by atoms with E-state index in [4.69, 9.17) is 0 Å². The Balaban J connectivity index is 4.14. The summed E-state index contributed by atoms with van der Waals surface area (Å²) in [4.78, 5) is 0. The van der Waals surface area contributed by atoms with E-state index in [2.05, 4.69) is 33.0 Å². The van der Waals surface area contributed by atoms with Crippen LogP contribution in [0.5, 0.6) is 0 Å². The molecule has 0 aliphatic carbocycles. The molecule has 0 radical (unpaired) electrons. The predicted molar refractivity (Wildman–Crippen MR) is 70.4 cm³/mol. The molecule has 0 aromatic heterocycles. The van der Waals surface area contributed by atoms with E-state index < -0.39 is 9.84 Å². The molecule has 0 aromatic rings. The molecule has 0 bridgehead atoms. The van der Waals surface area contributed by atoms with Crippen LogP contribution < -0.4 is 5.32 Å². The van der Waals surface area contributed by atoms with Gasteiger partial charge in [-0.15, -0.1) is 0 Å². The third kappa shape index (κ3) is 5.85. The van der Waals surface area contributed by atoms with Crippen molar-refractivity contribution in [1.29, 1.82) is 0 Å². The third-order valence-corrected chi connectivity index (χ3v) is 5.30. The molecule has 0 rings (SSSR count). The molecule has 0 aromatic carbocycles. The van der Waals surface area contributed by atoms with Gasteiger partial charge in [-0.1, -0.05) is 34.6 Å². The van der Waals surface area contributed by atoms with Crippen LogP contribution in [0.25, 0.3) is 0 Å². The van der Waals surface area contributed by atoms with Crippen molar-refractivity contribution in [3.05, 3.63) is 0 Å². The first-order chi connectivity index (χ1) is 7.10. The van der Waals surface area contributed by atoms with Gasteiger partial charge in [0.05, 0.1) is 5.75 Å². The fourth-order valence-corrected chi connectivity index (χ4v) is 2.31. The number of rotatable bonds is 7. The summed E-state index contributed by atoms with van der Waals surface area (Å²) in [6.07, 6.45) is 0. The van der Waals surface area contributed by atoms with Gasteiger partial charge in [0.2, 0.25) is 0 Å². The van der Waals surface area contributed by atoms with Gasteiger partial charge in [0, 0.05) is 18.3 Å². The summed E-state index contributed by atoms with van der Waals surface area (Å²) in [5.74, 6) is 1.04. The van der Waals surface area contributed by atoms with Crippen molar-refractivity contribution in [3.8, 4) is 0 Å². The maximum Gasteiger partial charge on any atom is 0.151 e. The van der Waals surface area contributed by atoms with Crippen molar-refractivity contribution in [1.82, 2.24) is 5.32 Å². The van der Waals surface area contributed by atoms with E-state index in [-0.39, 0.29) is 23.0 Å². The van der Waals surface area contributed by atoms with Crippen LogP contribution >= 0.6 is 0 Å². The van der Waals surface area contributed by atoms with Crippen LogP contribution in [0.4, 0.5) is 0 Å². The Labute approximate surface area is 101 Å². The Morgan fingerprint density at radius 2 is 1.69 bits per heavy atom. The van der Waals surface area contributed by atoms with E-state index >= 15 is 0 Å². The lowest BCUT2D eigenvalue weighted by molar-refractivity contribution is 0.232. The molecular weight excluding hydrogens is 222 g/mol. The zero-order valence-electron chi connectivity index (χ0n) is 11.5. The average Bonchev–Trinajstić information content (AvgIpc) is 2.14. The lowest BCUT2D eigenvalue weighted by atomic mass is 9.81. The maximum absolute atomic E-state index is 11.4. The Morgan fingerprint density at radius 1 is 1.19 bits per heavy atom. The molecule has 0 saturated heterocycles. The SMILES string of the molecule is CCS(=O)(=O)CC(C)NCC(C)(C)C(C)C. The lowest BCUT2D eigenvalue weighted by Gasteiger charge is -2.31. The monoisotopic (exact) mass is 249 g/mol. The van der Waals surface area contributed by atoms with Crippen LogP contribution in [0.2, 0.25) is 0 Å². The summed E-state index contributed by atoms with van der Waals surface area (Å²) in [6.45, 7) is 13.3. The van der Waals surface area contributed by atoms with Gasteiger partial charge in [0.15, 0.2) is 9.84 Å². The summed E-state index contributed by atoms with van der Waals surface area (Å²) in [7, 11) is -2.87. The molecule has 1 unspecified atom stereocenters. The van der Waals surface area contributed by atoms with Crippen LogP contribution in [0, 0.1) is 11.3 Å². The fourth-order valence-electron chi connectivity index (χ4n) is 1.20. The van der Waals surface area contributed by atoms with Crippen molar-refractivity contribution in [2.75, 3.05) is 18.1 Å². The molecule has 0 amide bonds. The molecule has 98 valence electrons. The van der Waals surface area contributed by atoms with Crippen molar-refractivity contribution in [3.63, 3.8) is 0 Å². The number of hydrogen-bond donors (Lipinski definition) is 1. The molecule has 1 atom stereocenters. The zero-order chi connectivity index (χ0) is 13.0. The molecule has 1 N–H and O–H groups in total. The van der Waals surface area contributed by atoms with Crippen LogP contribution in [-0.4, -0.2) is 32.5 Å². The van der Waals surface area contributed by atoms with Gasteiger partial charge in [-0.05, 0) is 18.3 Å². The highest BCUT2D eigenvalue weighted by atomic mass is 32.2. The van der Waals surface area contributed by atoms with Crippen LogP contribution in [0.15, 0.2) is 0 Å². The van der Waals surface area contributed by atoms with Crippen molar-refractivity contribution in [2.45, 2.75) is 47.6 Å². The highest BCUT2D eigenvalue weighted by Gasteiger charge is 2.23. The van der Waals surface area contributed by atoms with Gasteiger partial charge in [-0.25, -0.2) is 8.42 Å². The predicted octanol–water partition coefficient (Wildman–Crippen LogP) is 2.08. The van der Waals surface area contributed by atoms with E-state index in [1.165, 1.54) is 0 Å². The van der Waals surface area contributed by atoms with Crippen LogP contribution in [-0.2, 0) is 9.84 Å². The molecule has 0 fully saturated rings. The average molecular weight is 249 g/mol. The highest BCUT2D eigenvalue weighted by Crippen LogP contribution is 2.24. The second-order valence-electron chi connectivity index (χ2n) is 5.62. The first kappa shape index (κ1) is 15.9. The number of hydrogen-bond acceptors (Lipinski definition) is 3. The molecule has 4 heteroatoms. The van der Waals surface area contributed by atoms with Crippen molar-refractivity contribution < 1.29 is 8.42 Å². The minimum absolute atomic E-state index is 0.0305.